The van der Waals surface area contributed by atoms with Crippen molar-refractivity contribution in [3.63, 3.8) is 0 Å². The molecule has 94 valence electrons. The zero-order valence-electron chi connectivity index (χ0n) is 10.3. The van der Waals surface area contributed by atoms with Crippen LogP contribution < -0.4 is 5.73 Å². The minimum absolute atomic E-state index is 0.301. The average Bonchev–Trinajstić information content (AvgIpc) is 2.71. The Morgan fingerprint density at radius 3 is 3.18 bits per heavy atom. The Hall–Kier alpha value is -0.870. The third-order valence-electron chi connectivity index (χ3n) is 3.79. The molecule has 0 amide bonds. The van der Waals surface area contributed by atoms with Gasteiger partial charge >= 0.3 is 0 Å². The topological polar surface area (TPSA) is 53.1 Å². The van der Waals surface area contributed by atoms with E-state index in [9.17, 15) is 0 Å². The number of ether oxygens (including phenoxy) is 1. The molecule has 1 aromatic rings. The fraction of sp³-hybridized carbons (Fsp3) is 0.769. The molecule has 17 heavy (non-hydrogen) atoms. The van der Waals surface area contributed by atoms with E-state index in [-0.39, 0.29) is 0 Å². The monoisotopic (exact) mass is 235 g/mol. The van der Waals surface area contributed by atoms with Crippen molar-refractivity contribution in [2.24, 2.45) is 5.73 Å². The molecule has 1 fully saturated rings. The van der Waals surface area contributed by atoms with Gasteiger partial charge in [0, 0.05) is 38.2 Å². The summed E-state index contributed by atoms with van der Waals surface area (Å²) in [6.45, 7) is 1.84. The van der Waals surface area contributed by atoms with Crippen molar-refractivity contribution in [3.05, 3.63) is 17.7 Å². The van der Waals surface area contributed by atoms with Crippen LogP contribution in [0.5, 0.6) is 0 Å². The maximum atomic E-state index is 5.97. The lowest BCUT2D eigenvalue weighted by Crippen LogP contribution is -2.31. The predicted octanol–water partition coefficient (Wildman–Crippen LogP) is 1.27. The summed E-state index contributed by atoms with van der Waals surface area (Å²) in [4.78, 5) is 4.71. The van der Waals surface area contributed by atoms with E-state index < -0.39 is 0 Å². The third-order valence-corrected chi connectivity index (χ3v) is 3.79. The van der Waals surface area contributed by atoms with Crippen molar-refractivity contribution in [2.75, 3.05) is 6.61 Å². The molecule has 2 aliphatic rings. The first kappa shape index (κ1) is 11.2. The summed E-state index contributed by atoms with van der Waals surface area (Å²) in [5.41, 5.74) is 7.15. The molecular formula is C13H21N3O. The molecule has 4 nitrogen and oxygen atoms in total. The molecule has 2 unspecified atom stereocenters. The van der Waals surface area contributed by atoms with Crippen LogP contribution in [0.2, 0.25) is 0 Å². The summed E-state index contributed by atoms with van der Waals surface area (Å²) >= 11 is 0. The van der Waals surface area contributed by atoms with Gasteiger partial charge < -0.3 is 15.0 Å². The van der Waals surface area contributed by atoms with Gasteiger partial charge in [0.15, 0.2) is 0 Å². The Bertz CT molecular complexity index is 382. The highest BCUT2D eigenvalue weighted by Crippen LogP contribution is 2.19. The first-order chi connectivity index (χ1) is 8.31. The Morgan fingerprint density at radius 2 is 2.35 bits per heavy atom. The quantitative estimate of drug-likeness (QED) is 0.840. The maximum absolute atomic E-state index is 5.97. The molecule has 0 bridgehead atoms. The number of aryl methyl sites for hydroxylation is 1. The van der Waals surface area contributed by atoms with Crippen LogP contribution in [0.15, 0.2) is 6.20 Å². The molecule has 0 radical (unpaired) electrons. The number of nitrogens with zero attached hydrogens (tertiary/aromatic N) is 2. The first-order valence-corrected chi connectivity index (χ1v) is 6.73. The van der Waals surface area contributed by atoms with Crippen molar-refractivity contribution in [2.45, 2.75) is 57.2 Å². The van der Waals surface area contributed by atoms with Gasteiger partial charge in [-0.05, 0) is 25.7 Å². The summed E-state index contributed by atoms with van der Waals surface area (Å²) in [6.07, 6.45) is 9.30. The van der Waals surface area contributed by atoms with Crippen molar-refractivity contribution in [3.8, 4) is 0 Å². The summed E-state index contributed by atoms with van der Waals surface area (Å²) in [5, 5.41) is 0. The highest BCUT2D eigenvalue weighted by Gasteiger charge is 2.20. The van der Waals surface area contributed by atoms with Gasteiger partial charge in [-0.3, -0.25) is 0 Å². The number of fused-ring (bicyclic) bond motifs is 1. The first-order valence-electron chi connectivity index (χ1n) is 6.73. The predicted molar refractivity (Wildman–Crippen MR) is 65.8 cm³/mol. The molecule has 4 heteroatoms. The van der Waals surface area contributed by atoms with Gasteiger partial charge in [-0.15, -0.1) is 0 Å². The lowest BCUT2D eigenvalue weighted by Gasteiger charge is -2.21. The molecule has 0 saturated carbocycles. The zero-order chi connectivity index (χ0) is 11.7. The number of nitrogens with two attached hydrogens (primary N) is 1. The average molecular weight is 235 g/mol. The van der Waals surface area contributed by atoms with E-state index in [1.807, 2.05) is 0 Å². The van der Waals surface area contributed by atoms with Crippen molar-refractivity contribution >= 4 is 0 Å². The van der Waals surface area contributed by atoms with Gasteiger partial charge in [-0.25, -0.2) is 4.98 Å². The van der Waals surface area contributed by atoms with Crippen molar-refractivity contribution < 1.29 is 4.74 Å². The Balaban J connectivity index is 1.67. The number of imidazole rings is 1. The molecule has 2 atom stereocenters. The number of aromatic nitrogens is 2. The van der Waals surface area contributed by atoms with E-state index in [1.165, 1.54) is 30.8 Å². The van der Waals surface area contributed by atoms with E-state index in [1.54, 1.807) is 0 Å². The molecule has 3 rings (SSSR count). The normalized spacial score (nSPS) is 29.0. The molecule has 0 aliphatic carbocycles. The summed E-state index contributed by atoms with van der Waals surface area (Å²) in [7, 11) is 0. The van der Waals surface area contributed by atoms with Gasteiger partial charge in [-0.1, -0.05) is 0 Å². The van der Waals surface area contributed by atoms with Crippen molar-refractivity contribution in [1.82, 2.24) is 9.55 Å². The van der Waals surface area contributed by atoms with Gasteiger partial charge in [0.05, 0.1) is 11.8 Å². The molecule has 1 aromatic heterocycles. The highest BCUT2D eigenvalue weighted by atomic mass is 16.5. The number of hydrogen-bond donors (Lipinski definition) is 1. The van der Waals surface area contributed by atoms with E-state index in [0.717, 1.165) is 32.4 Å². The zero-order valence-corrected chi connectivity index (χ0v) is 10.3. The van der Waals surface area contributed by atoms with Crippen LogP contribution in [0.4, 0.5) is 0 Å². The fourth-order valence-corrected chi connectivity index (χ4v) is 2.83. The number of hydrogen-bond acceptors (Lipinski definition) is 3. The van der Waals surface area contributed by atoms with Gasteiger partial charge in [-0.2, -0.15) is 0 Å². The van der Waals surface area contributed by atoms with Crippen LogP contribution >= 0.6 is 0 Å². The molecule has 2 N–H and O–H groups in total. The molecule has 0 spiro atoms. The van der Waals surface area contributed by atoms with Crippen LogP contribution in [0, 0.1) is 0 Å². The van der Waals surface area contributed by atoms with Gasteiger partial charge in [0.1, 0.15) is 5.82 Å². The summed E-state index contributed by atoms with van der Waals surface area (Å²) in [5.74, 6) is 1.21. The third kappa shape index (κ3) is 2.53. The van der Waals surface area contributed by atoms with Crippen LogP contribution in [0.3, 0.4) is 0 Å². The molecule has 1 saturated heterocycles. The standard InChI is InChI=1S/C13H21N3O/c14-10-4-5-13-15-11(9-16(13)8-10)7-12-3-1-2-6-17-12/h9-10,12H,1-8,14H2. The largest absolute Gasteiger partial charge is 0.378 e. The second kappa shape index (κ2) is 4.78. The minimum atomic E-state index is 0.301. The smallest absolute Gasteiger partial charge is 0.109 e. The van der Waals surface area contributed by atoms with Gasteiger partial charge in [0.2, 0.25) is 0 Å². The fourth-order valence-electron chi connectivity index (χ4n) is 2.83. The molecule has 2 aliphatic heterocycles. The molecule has 3 heterocycles. The summed E-state index contributed by atoms with van der Waals surface area (Å²) < 4.78 is 7.99. The SMILES string of the molecule is NC1CCc2nc(CC3CCCCO3)cn2C1. The van der Waals surface area contributed by atoms with E-state index in [2.05, 4.69) is 10.8 Å². The van der Waals surface area contributed by atoms with E-state index in [4.69, 9.17) is 15.5 Å². The van der Waals surface area contributed by atoms with Gasteiger partial charge in [0.25, 0.3) is 0 Å². The van der Waals surface area contributed by atoms with E-state index in [0.29, 0.717) is 12.1 Å². The molecule has 0 aromatic carbocycles. The Kier molecular flexibility index (Phi) is 3.16. The maximum Gasteiger partial charge on any atom is 0.109 e. The second-order valence-corrected chi connectivity index (χ2v) is 5.29. The Labute approximate surface area is 102 Å². The van der Waals surface area contributed by atoms with Crippen LogP contribution in [-0.4, -0.2) is 28.3 Å². The Morgan fingerprint density at radius 1 is 1.41 bits per heavy atom. The highest BCUT2D eigenvalue weighted by molar-refractivity contribution is 5.08. The second-order valence-electron chi connectivity index (χ2n) is 5.29. The minimum Gasteiger partial charge on any atom is -0.378 e. The number of rotatable bonds is 2. The summed E-state index contributed by atoms with van der Waals surface area (Å²) in [6, 6.07) is 0.301. The van der Waals surface area contributed by atoms with Crippen LogP contribution in [0.25, 0.3) is 0 Å². The lowest BCUT2D eigenvalue weighted by molar-refractivity contribution is 0.0163. The van der Waals surface area contributed by atoms with Crippen LogP contribution in [0.1, 0.15) is 37.2 Å². The van der Waals surface area contributed by atoms with Crippen LogP contribution in [-0.2, 0) is 24.1 Å². The molecular weight excluding hydrogens is 214 g/mol. The lowest BCUT2D eigenvalue weighted by atomic mass is 10.1. The van der Waals surface area contributed by atoms with Crippen molar-refractivity contribution in [1.29, 1.82) is 0 Å². The van der Waals surface area contributed by atoms with E-state index >= 15 is 0 Å².